The maximum absolute atomic E-state index is 13.7. The first-order valence-corrected chi connectivity index (χ1v) is 13.3. The summed E-state index contributed by atoms with van der Waals surface area (Å²) in [7, 11) is 3.03. The average molecular weight is 549 g/mol. The first-order valence-electron chi connectivity index (χ1n) is 13.3. The number of hydrogen-bond donors (Lipinski definition) is 2. The number of ketones is 1. The van der Waals surface area contributed by atoms with Gasteiger partial charge >= 0.3 is 0 Å². The van der Waals surface area contributed by atoms with Crippen molar-refractivity contribution in [2.24, 2.45) is 5.10 Å². The molecule has 0 bridgehead atoms. The lowest BCUT2D eigenvalue weighted by molar-refractivity contribution is 0.104. The molecule has 9 nitrogen and oxygen atoms in total. The number of rotatable bonds is 9. The number of hydrogen-bond acceptors (Lipinski definition) is 9. The van der Waals surface area contributed by atoms with Gasteiger partial charge in [-0.15, -0.1) is 0 Å². The Morgan fingerprint density at radius 2 is 1.80 bits per heavy atom. The third-order valence-corrected chi connectivity index (χ3v) is 7.08. The van der Waals surface area contributed by atoms with Crippen molar-refractivity contribution >= 4 is 23.8 Å². The van der Waals surface area contributed by atoms with Crippen LogP contribution >= 0.6 is 0 Å². The number of hydrazone groups is 1. The quantitative estimate of drug-likeness (QED) is 0.222. The Morgan fingerprint density at radius 3 is 2.51 bits per heavy atom. The molecule has 1 aliphatic heterocycles. The first kappa shape index (κ1) is 27.4. The third kappa shape index (κ3) is 5.74. The van der Waals surface area contributed by atoms with Crippen LogP contribution in [0.25, 0.3) is 0 Å². The summed E-state index contributed by atoms with van der Waals surface area (Å²) >= 11 is 0. The van der Waals surface area contributed by atoms with Crippen LogP contribution in [0.4, 0.5) is 11.8 Å². The van der Waals surface area contributed by atoms with Gasteiger partial charge in [0.2, 0.25) is 5.95 Å². The van der Waals surface area contributed by atoms with Crippen molar-refractivity contribution in [3.63, 3.8) is 0 Å². The number of nitrogens with zero attached hydrogens (tertiary/aromatic N) is 4. The smallest absolute Gasteiger partial charge is 0.221 e. The minimum atomic E-state index is -0.266. The van der Waals surface area contributed by atoms with Crippen LogP contribution in [0.5, 0.6) is 11.5 Å². The Bertz CT molecular complexity index is 1630. The minimum absolute atomic E-state index is 0.0992. The molecule has 0 spiro atoms. The maximum Gasteiger partial charge on any atom is 0.221 e. The Balaban J connectivity index is 1.49. The van der Waals surface area contributed by atoms with Gasteiger partial charge in [0.15, 0.2) is 17.3 Å². The zero-order valence-electron chi connectivity index (χ0n) is 23.2. The zero-order valence-corrected chi connectivity index (χ0v) is 23.2. The van der Waals surface area contributed by atoms with Gasteiger partial charge in [0, 0.05) is 36.0 Å². The van der Waals surface area contributed by atoms with Gasteiger partial charge in [0.05, 0.1) is 26.0 Å². The van der Waals surface area contributed by atoms with Crippen molar-refractivity contribution in [1.82, 2.24) is 15.0 Å². The molecule has 0 amide bonds. The summed E-state index contributed by atoms with van der Waals surface area (Å²) in [6, 6.07) is 20.0. The van der Waals surface area contributed by atoms with E-state index in [1.54, 1.807) is 29.5 Å². The van der Waals surface area contributed by atoms with Gasteiger partial charge in [0.1, 0.15) is 11.9 Å². The van der Waals surface area contributed by atoms with Crippen LogP contribution in [0.15, 0.2) is 84.2 Å². The fraction of sp³-hybridized carbons (Fsp3) is 0.188. The average Bonchev–Trinajstić information content (AvgIpc) is 3.00. The predicted octanol–water partition coefficient (Wildman–Crippen LogP) is 4.95. The topological polar surface area (TPSA) is 129 Å². The van der Waals surface area contributed by atoms with E-state index in [1.165, 1.54) is 25.9 Å². The normalized spacial score (nSPS) is 14.2. The van der Waals surface area contributed by atoms with E-state index in [0.29, 0.717) is 29.0 Å². The number of aryl methyl sites for hydroxylation is 1. The van der Waals surface area contributed by atoms with Crippen molar-refractivity contribution in [2.45, 2.75) is 25.8 Å². The fourth-order valence-corrected chi connectivity index (χ4v) is 4.94. The van der Waals surface area contributed by atoms with Crippen molar-refractivity contribution in [3.05, 3.63) is 118 Å². The molecule has 1 atom stereocenters. The van der Waals surface area contributed by atoms with Gasteiger partial charge in [-0.3, -0.25) is 9.80 Å². The molecule has 0 fully saturated rings. The lowest BCUT2D eigenvalue weighted by atomic mass is 9.92. The summed E-state index contributed by atoms with van der Waals surface area (Å²) in [5.41, 5.74) is 18.0. The summed E-state index contributed by atoms with van der Waals surface area (Å²) in [5.74, 6) is 0.878. The number of allylic oxidation sites excluding steroid dienone is 1. The maximum atomic E-state index is 13.7. The molecular formula is C32H32N6O3. The summed E-state index contributed by atoms with van der Waals surface area (Å²) in [5, 5.41) is 6.49. The van der Waals surface area contributed by atoms with E-state index in [4.69, 9.17) is 20.9 Å². The van der Waals surface area contributed by atoms with Crippen LogP contribution in [0.1, 0.15) is 56.7 Å². The Hall–Kier alpha value is -5.18. The molecule has 1 aliphatic rings. The second kappa shape index (κ2) is 11.9. The number of fused-ring (bicyclic) bond motifs is 1. The van der Waals surface area contributed by atoms with Crippen molar-refractivity contribution < 1.29 is 14.3 Å². The molecule has 2 heterocycles. The Kier molecular flexibility index (Phi) is 7.96. The first-order chi connectivity index (χ1) is 19.9. The Labute approximate surface area is 239 Å². The monoisotopic (exact) mass is 548 g/mol. The van der Waals surface area contributed by atoms with Crippen molar-refractivity contribution in [1.29, 1.82) is 0 Å². The number of anilines is 2. The molecule has 1 unspecified atom stereocenters. The SMILES string of the molecule is CCc1ccc(C2c3ccccc3C=NN2C=CC(=O)c2cc(Cc3cnc(N)nc3N)cc(OC)c2OC)cc1. The molecule has 0 radical (unpaired) electrons. The summed E-state index contributed by atoms with van der Waals surface area (Å²) in [4.78, 5) is 21.7. The molecule has 5 rings (SSSR count). The van der Waals surface area contributed by atoms with Gasteiger partial charge in [-0.1, -0.05) is 55.5 Å². The number of methoxy groups -OCH3 is 2. The van der Waals surface area contributed by atoms with E-state index < -0.39 is 0 Å². The van der Waals surface area contributed by atoms with Gasteiger partial charge in [0.25, 0.3) is 0 Å². The molecule has 0 aliphatic carbocycles. The summed E-state index contributed by atoms with van der Waals surface area (Å²) < 4.78 is 11.2. The van der Waals surface area contributed by atoms with E-state index in [9.17, 15) is 4.79 Å². The van der Waals surface area contributed by atoms with Crippen molar-refractivity contribution in [2.75, 3.05) is 25.7 Å². The summed E-state index contributed by atoms with van der Waals surface area (Å²) in [6.45, 7) is 2.13. The Morgan fingerprint density at radius 1 is 1.02 bits per heavy atom. The van der Waals surface area contributed by atoms with Crippen LogP contribution < -0.4 is 20.9 Å². The number of carbonyl (C=O) groups is 1. The molecular weight excluding hydrogens is 516 g/mol. The number of nitrogens with two attached hydrogens (primary N) is 2. The lowest BCUT2D eigenvalue weighted by Crippen LogP contribution is -2.25. The molecule has 41 heavy (non-hydrogen) atoms. The highest BCUT2D eigenvalue weighted by Crippen LogP contribution is 2.36. The number of nitrogen functional groups attached to an aromatic ring is 2. The van der Waals surface area contributed by atoms with Crippen LogP contribution in [-0.4, -0.2) is 41.2 Å². The largest absolute Gasteiger partial charge is 0.493 e. The second-order valence-electron chi connectivity index (χ2n) is 9.63. The molecule has 0 saturated carbocycles. The summed E-state index contributed by atoms with van der Waals surface area (Å²) in [6.07, 6.45) is 7.93. The van der Waals surface area contributed by atoms with Crippen LogP contribution in [0, 0.1) is 0 Å². The number of benzene rings is 3. The van der Waals surface area contributed by atoms with Gasteiger partial charge < -0.3 is 20.9 Å². The van der Waals surface area contributed by atoms with Crippen LogP contribution in [-0.2, 0) is 12.8 Å². The lowest BCUT2D eigenvalue weighted by Gasteiger charge is -2.31. The molecule has 9 heteroatoms. The zero-order chi connectivity index (χ0) is 28.9. The second-order valence-corrected chi connectivity index (χ2v) is 9.63. The number of ether oxygens (including phenoxy) is 2. The van der Waals surface area contributed by atoms with E-state index in [0.717, 1.165) is 28.7 Å². The minimum Gasteiger partial charge on any atom is -0.493 e. The van der Waals surface area contributed by atoms with Gasteiger partial charge in [-0.25, -0.2) is 4.98 Å². The molecule has 208 valence electrons. The number of aromatic nitrogens is 2. The fourth-order valence-electron chi connectivity index (χ4n) is 4.94. The third-order valence-electron chi connectivity index (χ3n) is 7.08. The molecule has 4 N–H and O–H groups in total. The number of carbonyl (C=O) groups excluding carboxylic acids is 1. The van der Waals surface area contributed by atoms with Crippen LogP contribution in [0.2, 0.25) is 0 Å². The van der Waals surface area contributed by atoms with E-state index >= 15 is 0 Å². The van der Waals surface area contributed by atoms with E-state index in [1.807, 2.05) is 24.4 Å². The predicted molar refractivity (Wildman–Crippen MR) is 160 cm³/mol. The van der Waals surface area contributed by atoms with E-state index in [-0.39, 0.29) is 23.6 Å². The molecule has 0 saturated heterocycles. The van der Waals surface area contributed by atoms with E-state index in [2.05, 4.69) is 52.3 Å². The standard InChI is InChI=1S/C32H32N6O3/c1-4-20-9-11-22(12-10-20)29-25-8-6-5-7-23(25)19-36-38(29)14-13-27(39)26-16-21(17-28(40-2)30(26)41-3)15-24-18-35-32(34)37-31(24)33/h5-14,16-19,29H,4,15H2,1-3H3,(H4,33,34,35,37). The van der Waals surface area contributed by atoms with Crippen LogP contribution in [0.3, 0.4) is 0 Å². The molecule has 3 aromatic carbocycles. The van der Waals surface area contributed by atoms with Crippen molar-refractivity contribution in [3.8, 4) is 11.5 Å². The molecule has 4 aromatic rings. The highest BCUT2D eigenvalue weighted by Gasteiger charge is 2.26. The van der Waals surface area contributed by atoms with Gasteiger partial charge in [-0.2, -0.15) is 10.1 Å². The van der Waals surface area contributed by atoms with Gasteiger partial charge in [-0.05, 0) is 40.8 Å². The highest BCUT2D eigenvalue weighted by atomic mass is 16.5. The highest BCUT2D eigenvalue weighted by molar-refractivity contribution is 6.07. The molecule has 1 aromatic heterocycles.